The number of hydrogen-bond acceptors (Lipinski definition) is 5. The summed E-state index contributed by atoms with van der Waals surface area (Å²) in [5.74, 6) is -0.770. The van der Waals surface area contributed by atoms with Crippen molar-refractivity contribution in [2.24, 2.45) is 0 Å². The number of esters is 1. The number of fused-ring (bicyclic) bond motifs is 1. The minimum atomic E-state index is -0.545. The van der Waals surface area contributed by atoms with E-state index < -0.39 is 5.97 Å². The van der Waals surface area contributed by atoms with E-state index in [1.807, 2.05) is 49.4 Å². The van der Waals surface area contributed by atoms with E-state index in [1.54, 1.807) is 11.0 Å². The van der Waals surface area contributed by atoms with Crippen molar-refractivity contribution in [3.8, 4) is 11.3 Å². The fraction of sp³-hybridized carbons (Fsp3) is 0.261. The zero-order valence-corrected chi connectivity index (χ0v) is 17.3. The van der Waals surface area contributed by atoms with Crippen LogP contribution in [0.3, 0.4) is 0 Å². The van der Waals surface area contributed by atoms with Crippen LogP contribution in [0.25, 0.3) is 22.2 Å². The maximum atomic E-state index is 13.0. The highest BCUT2D eigenvalue weighted by Crippen LogP contribution is 2.31. The summed E-state index contributed by atoms with van der Waals surface area (Å²) in [5.41, 5.74) is 3.22. The number of rotatable bonds is 4. The van der Waals surface area contributed by atoms with Crippen molar-refractivity contribution in [3.05, 3.63) is 64.7 Å². The van der Waals surface area contributed by atoms with Gasteiger partial charge in [0, 0.05) is 29.1 Å². The van der Waals surface area contributed by atoms with Gasteiger partial charge in [-0.1, -0.05) is 41.9 Å². The first kappa shape index (κ1) is 20.3. The highest BCUT2D eigenvalue weighted by Gasteiger charge is 2.23. The summed E-state index contributed by atoms with van der Waals surface area (Å²) in [6.45, 7) is 3.53. The standard InChI is InChI=1S/C23H21ClN2O4/c1-15-21(23(28)30-14-20(27)26-9-11-29-12-10-26)18-7-2-3-8-19(18)25-22(15)16-5-4-6-17(24)13-16/h2-8,13H,9-12,14H2,1H3. The Morgan fingerprint density at radius 3 is 2.67 bits per heavy atom. The first-order valence-electron chi connectivity index (χ1n) is 9.72. The number of morpholine rings is 1. The van der Waals surface area contributed by atoms with Crippen LogP contribution in [0.2, 0.25) is 5.02 Å². The maximum absolute atomic E-state index is 13.0. The average molecular weight is 425 g/mol. The molecule has 0 atom stereocenters. The van der Waals surface area contributed by atoms with Gasteiger partial charge in [0.05, 0.1) is 30.0 Å². The number of nitrogens with zero attached hydrogens (tertiary/aromatic N) is 2. The van der Waals surface area contributed by atoms with Gasteiger partial charge in [0.15, 0.2) is 6.61 Å². The molecule has 0 N–H and O–H groups in total. The Kier molecular flexibility index (Phi) is 5.97. The molecular formula is C23H21ClN2O4. The van der Waals surface area contributed by atoms with E-state index in [0.29, 0.717) is 59.0 Å². The van der Waals surface area contributed by atoms with Gasteiger partial charge in [0.2, 0.25) is 0 Å². The molecule has 1 amide bonds. The predicted molar refractivity (Wildman–Crippen MR) is 115 cm³/mol. The average Bonchev–Trinajstić information content (AvgIpc) is 2.77. The second kappa shape index (κ2) is 8.81. The summed E-state index contributed by atoms with van der Waals surface area (Å²) in [7, 11) is 0. The van der Waals surface area contributed by atoms with E-state index >= 15 is 0 Å². The number of pyridine rings is 1. The normalized spacial score (nSPS) is 14.0. The molecule has 2 aromatic carbocycles. The second-order valence-electron chi connectivity index (χ2n) is 7.06. The SMILES string of the molecule is Cc1c(-c2cccc(Cl)c2)nc2ccccc2c1C(=O)OCC(=O)N1CCOCC1. The molecule has 154 valence electrons. The molecule has 1 aliphatic heterocycles. The Morgan fingerprint density at radius 1 is 1.13 bits per heavy atom. The monoisotopic (exact) mass is 424 g/mol. The first-order chi connectivity index (χ1) is 14.5. The summed E-state index contributed by atoms with van der Waals surface area (Å²) in [5, 5.41) is 1.27. The number of benzene rings is 2. The molecule has 30 heavy (non-hydrogen) atoms. The lowest BCUT2D eigenvalue weighted by molar-refractivity contribution is -0.138. The fourth-order valence-electron chi connectivity index (χ4n) is 3.59. The van der Waals surface area contributed by atoms with Gasteiger partial charge >= 0.3 is 5.97 Å². The summed E-state index contributed by atoms with van der Waals surface area (Å²) in [6, 6.07) is 14.7. The summed E-state index contributed by atoms with van der Waals surface area (Å²) in [6.07, 6.45) is 0. The minimum Gasteiger partial charge on any atom is -0.452 e. The van der Waals surface area contributed by atoms with Crippen molar-refractivity contribution >= 4 is 34.4 Å². The van der Waals surface area contributed by atoms with E-state index in [-0.39, 0.29) is 12.5 Å². The van der Waals surface area contributed by atoms with Crippen molar-refractivity contribution in [2.75, 3.05) is 32.9 Å². The van der Waals surface area contributed by atoms with Gasteiger partial charge in [0.1, 0.15) is 0 Å². The molecule has 0 spiro atoms. The lowest BCUT2D eigenvalue weighted by Crippen LogP contribution is -2.42. The molecule has 3 aromatic rings. The number of amides is 1. The molecule has 0 saturated carbocycles. The lowest BCUT2D eigenvalue weighted by atomic mass is 9.98. The smallest absolute Gasteiger partial charge is 0.339 e. The summed E-state index contributed by atoms with van der Waals surface area (Å²) >= 11 is 6.16. The van der Waals surface area contributed by atoms with Crippen LogP contribution < -0.4 is 0 Å². The van der Waals surface area contributed by atoms with Crippen LogP contribution in [0, 0.1) is 6.92 Å². The summed E-state index contributed by atoms with van der Waals surface area (Å²) in [4.78, 5) is 31.8. The molecule has 1 aliphatic rings. The molecule has 1 saturated heterocycles. The van der Waals surface area contributed by atoms with Crippen LogP contribution >= 0.6 is 11.6 Å². The van der Waals surface area contributed by atoms with Gasteiger partial charge in [-0.3, -0.25) is 4.79 Å². The number of para-hydroxylation sites is 1. The van der Waals surface area contributed by atoms with Crippen LogP contribution in [0.4, 0.5) is 0 Å². The number of halogens is 1. The Hall–Kier alpha value is -2.96. The van der Waals surface area contributed by atoms with E-state index in [0.717, 1.165) is 5.56 Å². The fourth-order valence-corrected chi connectivity index (χ4v) is 3.78. The molecule has 4 rings (SSSR count). The molecule has 1 aromatic heterocycles. The molecule has 7 heteroatoms. The molecule has 0 bridgehead atoms. The topological polar surface area (TPSA) is 68.7 Å². The first-order valence-corrected chi connectivity index (χ1v) is 10.1. The number of ether oxygens (including phenoxy) is 2. The quantitative estimate of drug-likeness (QED) is 0.594. The minimum absolute atomic E-state index is 0.224. The number of carbonyl (C=O) groups is 2. The van der Waals surface area contributed by atoms with Crippen molar-refractivity contribution in [2.45, 2.75) is 6.92 Å². The van der Waals surface area contributed by atoms with E-state index in [9.17, 15) is 9.59 Å². The predicted octanol–water partition coefficient (Wildman–Crippen LogP) is 3.88. The van der Waals surface area contributed by atoms with Crippen LogP contribution in [-0.4, -0.2) is 54.7 Å². The number of carbonyl (C=O) groups excluding carboxylic acids is 2. The van der Waals surface area contributed by atoms with Gasteiger partial charge in [-0.2, -0.15) is 0 Å². The van der Waals surface area contributed by atoms with E-state index in [4.69, 9.17) is 26.1 Å². The maximum Gasteiger partial charge on any atom is 0.339 e. The van der Waals surface area contributed by atoms with Crippen LogP contribution in [0.5, 0.6) is 0 Å². The number of hydrogen-bond donors (Lipinski definition) is 0. The van der Waals surface area contributed by atoms with Gasteiger partial charge in [0.25, 0.3) is 5.91 Å². The molecule has 6 nitrogen and oxygen atoms in total. The van der Waals surface area contributed by atoms with Gasteiger partial charge in [-0.15, -0.1) is 0 Å². The van der Waals surface area contributed by atoms with Gasteiger partial charge < -0.3 is 14.4 Å². The van der Waals surface area contributed by atoms with Crippen molar-refractivity contribution in [3.63, 3.8) is 0 Å². The molecule has 0 aliphatic carbocycles. The zero-order valence-electron chi connectivity index (χ0n) is 16.6. The Balaban J connectivity index is 1.67. The second-order valence-corrected chi connectivity index (χ2v) is 7.49. The van der Waals surface area contributed by atoms with Crippen LogP contribution in [-0.2, 0) is 14.3 Å². The lowest BCUT2D eigenvalue weighted by Gasteiger charge is -2.26. The Morgan fingerprint density at radius 2 is 1.90 bits per heavy atom. The van der Waals surface area contributed by atoms with Crippen LogP contribution in [0.1, 0.15) is 15.9 Å². The highest BCUT2D eigenvalue weighted by molar-refractivity contribution is 6.30. The largest absolute Gasteiger partial charge is 0.452 e. The Labute approximate surface area is 179 Å². The van der Waals surface area contributed by atoms with Crippen molar-refractivity contribution in [1.82, 2.24) is 9.88 Å². The third-order valence-electron chi connectivity index (χ3n) is 5.13. The zero-order chi connectivity index (χ0) is 21.1. The molecule has 2 heterocycles. The van der Waals surface area contributed by atoms with Crippen molar-refractivity contribution < 1.29 is 19.1 Å². The van der Waals surface area contributed by atoms with E-state index in [2.05, 4.69) is 0 Å². The third kappa shape index (κ3) is 4.15. The van der Waals surface area contributed by atoms with E-state index in [1.165, 1.54) is 0 Å². The molecule has 1 fully saturated rings. The summed E-state index contributed by atoms with van der Waals surface area (Å²) < 4.78 is 10.7. The molecule has 0 radical (unpaired) electrons. The highest BCUT2D eigenvalue weighted by atomic mass is 35.5. The Bertz CT molecular complexity index is 1110. The van der Waals surface area contributed by atoms with Crippen molar-refractivity contribution in [1.29, 1.82) is 0 Å². The van der Waals surface area contributed by atoms with Gasteiger partial charge in [-0.05, 0) is 30.7 Å². The molecule has 0 unspecified atom stereocenters. The van der Waals surface area contributed by atoms with Gasteiger partial charge in [-0.25, -0.2) is 9.78 Å². The molecular weight excluding hydrogens is 404 g/mol. The van der Waals surface area contributed by atoms with Crippen LogP contribution in [0.15, 0.2) is 48.5 Å². The number of aromatic nitrogens is 1. The third-order valence-corrected chi connectivity index (χ3v) is 5.36.